The van der Waals surface area contributed by atoms with Gasteiger partial charge in [0.2, 0.25) is 0 Å². The predicted octanol–water partition coefficient (Wildman–Crippen LogP) is 14.1. The molecule has 3 aromatic heterocycles. The lowest BCUT2D eigenvalue weighted by atomic mass is 9.98. The number of benzene rings is 8. The highest BCUT2D eigenvalue weighted by atomic mass is 32.1. The number of aromatic nitrogens is 3. The second-order valence-corrected chi connectivity index (χ2v) is 15.0. The highest BCUT2D eigenvalue weighted by molar-refractivity contribution is 7.26. The van der Waals surface area contributed by atoms with Crippen molar-refractivity contribution in [2.45, 2.75) is 0 Å². The minimum atomic E-state index is 0.593. The van der Waals surface area contributed by atoms with E-state index in [0.29, 0.717) is 17.5 Å². The Balaban J connectivity index is 0.938. The molecule has 11 aromatic rings. The molecule has 11 rings (SSSR count). The summed E-state index contributed by atoms with van der Waals surface area (Å²) in [6.45, 7) is 0. The molecule has 0 aliphatic heterocycles. The normalized spacial score (nSPS) is 11.6. The lowest BCUT2D eigenvalue weighted by Crippen LogP contribution is -2.00. The van der Waals surface area contributed by atoms with Crippen molar-refractivity contribution in [2.24, 2.45) is 0 Å². The zero-order valence-corrected chi connectivity index (χ0v) is 30.9. The van der Waals surface area contributed by atoms with Crippen LogP contribution in [0.4, 0.5) is 0 Å². The monoisotopic (exact) mass is 733 g/mol. The first-order valence-electron chi connectivity index (χ1n) is 18.7. The molecule has 0 aliphatic rings. The van der Waals surface area contributed by atoms with Crippen LogP contribution in [-0.2, 0) is 0 Å². The van der Waals surface area contributed by atoms with Gasteiger partial charge in [-0.1, -0.05) is 158 Å². The number of hydrogen-bond acceptors (Lipinski definition) is 5. The lowest BCUT2D eigenvalue weighted by molar-refractivity contribution is 0.669. The van der Waals surface area contributed by atoms with Crippen molar-refractivity contribution in [1.29, 1.82) is 0 Å². The van der Waals surface area contributed by atoms with Gasteiger partial charge >= 0.3 is 0 Å². The van der Waals surface area contributed by atoms with E-state index in [1.807, 2.05) is 53.8 Å². The predicted molar refractivity (Wildman–Crippen MR) is 233 cm³/mol. The van der Waals surface area contributed by atoms with E-state index in [4.69, 9.17) is 19.4 Å². The third-order valence-corrected chi connectivity index (χ3v) is 11.8. The summed E-state index contributed by atoms with van der Waals surface area (Å²) in [6.07, 6.45) is 0. The SMILES string of the molecule is c1ccc(-c2ccc(-c3nc(-c4ccccc4)nc(-c4ccc5c(c4)oc4cc(-c6ccc(-c7cccc8c7sc7ccccc78)cc6)ccc45)n3)cc2)cc1. The summed E-state index contributed by atoms with van der Waals surface area (Å²) in [6, 6.07) is 65.7. The number of furan rings is 1. The van der Waals surface area contributed by atoms with Crippen LogP contribution in [0, 0.1) is 0 Å². The van der Waals surface area contributed by atoms with E-state index in [0.717, 1.165) is 55.3 Å². The smallest absolute Gasteiger partial charge is 0.164 e. The average molecular weight is 734 g/mol. The van der Waals surface area contributed by atoms with Crippen LogP contribution in [0.25, 0.3) is 110 Å². The maximum Gasteiger partial charge on any atom is 0.164 e. The van der Waals surface area contributed by atoms with Gasteiger partial charge < -0.3 is 4.42 Å². The maximum atomic E-state index is 6.56. The molecule has 0 saturated carbocycles. The van der Waals surface area contributed by atoms with Crippen molar-refractivity contribution < 1.29 is 4.42 Å². The summed E-state index contributed by atoms with van der Waals surface area (Å²) in [4.78, 5) is 14.9. The summed E-state index contributed by atoms with van der Waals surface area (Å²) in [5, 5.41) is 4.75. The van der Waals surface area contributed by atoms with Gasteiger partial charge in [-0.15, -0.1) is 11.3 Å². The molecule has 262 valence electrons. The summed E-state index contributed by atoms with van der Waals surface area (Å²) < 4.78 is 9.21. The van der Waals surface area contributed by atoms with Gasteiger partial charge in [-0.05, 0) is 63.7 Å². The van der Waals surface area contributed by atoms with Crippen LogP contribution in [0.15, 0.2) is 192 Å². The Bertz CT molecular complexity index is 3220. The first-order valence-corrected chi connectivity index (χ1v) is 19.5. The lowest BCUT2D eigenvalue weighted by Gasteiger charge is -2.09. The second-order valence-electron chi connectivity index (χ2n) is 14.0. The molecule has 8 aromatic carbocycles. The fourth-order valence-corrected chi connectivity index (χ4v) is 8.94. The van der Waals surface area contributed by atoms with E-state index >= 15 is 0 Å². The summed E-state index contributed by atoms with van der Waals surface area (Å²) in [5.74, 6) is 1.84. The van der Waals surface area contributed by atoms with Crippen LogP contribution in [0.5, 0.6) is 0 Å². The van der Waals surface area contributed by atoms with E-state index in [1.165, 1.54) is 36.9 Å². The highest BCUT2D eigenvalue weighted by Gasteiger charge is 2.16. The Morgan fingerprint density at radius 2 is 0.786 bits per heavy atom. The molecule has 3 heterocycles. The molecular formula is C51H31N3OS. The van der Waals surface area contributed by atoms with Crippen molar-refractivity contribution in [1.82, 2.24) is 15.0 Å². The summed E-state index contributed by atoms with van der Waals surface area (Å²) in [5.41, 5.74) is 11.4. The topological polar surface area (TPSA) is 51.8 Å². The minimum absolute atomic E-state index is 0.593. The van der Waals surface area contributed by atoms with Gasteiger partial charge in [-0.3, -0.25) is 0 Å². The third kappa shape index (κ3) is 5.65. The average Bonchev–Trinajstić information content (AvgIpc) is 3.85. The van der Waals surface area contributed by atoms with Crippen molar-refractivity contribution in [2.75, 3.05) is 0 Å². The van der Waals surface area contributed by atoms with Crippen LogP contribution >= 0.6 is 11.3 Å². The van der Waals surface area contributed by atoms with Crippen LogP contribution in [0.1, 0.15) is 0 Å². The van der Waals surface area contributed by atoms with Crippen molar-refractivity contribution in [3.8, 4) is 67.5 Å². The van der Waals surface area contributed by atoms with Gasteiger partial charge in [0, 0.05) is 47.6 Å². The van der Waals surface area contributed by atoms with Crippen LogP contribution < -0.4 is 0 Å². The van der Waals surface area contributed by atoms with Gasteiger partial charge in [-0.25, -0.2) is 15.0 Å². The molecule has 0 atom stereocenters. The molecule has 0 spiro atoms. The van der Waals surface area contributed by atoms with Crippen LogP contribution in [0.2, 0.25) is 0 Å². The molecule has 0 radical (unpaired) electrons. The fraction of sp³-hybridized carbons (Fsp3) is 0. The van der Waals surface area contributed by atoms with Crippen molar-refractivity contribution in [3.05, 3.63) is 188 Å². The van der Waals surface area contributed by atoms with Crippen LogP contribution in [-0.4, -0.2) is 15.0 Å². The van der Waals surface area contributed by atoms with Crippen molar-refractivity contribution >= 4 is 53.4 Å². The second kappa shape index (κ2) is 13.3. The number of thiophene rings is 1. The van der Waals surface area contributed by atoms with E-state index in [2.05, 4.69) is 146 Å². The Kier molecular flexibility index (Phi) is 7.64. The first kappa shape index (κ1) is 32.2. The Morgan fingerprint density at radius 3 is 1.48 bits per heavy atom. The fourth-order valence-electron chi connectivity index (χ4n) is 7.71. The van der Waals surface area contributed by atoms with Gasteiger partial charge in [0.25, 0.3) is 0 Å². The molecule has 4 nitrogen and oxygen atoms in total. The Labute approximate surface area is 327 Å². The molecule has 0 bridgehead atoms. The molecule has 5 heteroatoms. The molecular weight excluding hydrogens is 703 g/mol. The van der Waals surface area contributed by atoms with Gasteiger partial charge in [0.05, 0.1) is 0 Å². The molecule has 0 fully saturated rings. The molecule has 0 unspecified atom stereocenters. The number of hydrogen-bond donors (Lipinski definition) is 0. The van der Waals surface area contributed by atoms with Gasteiger partial charge in [0.15, 0.2) is 17.5 Å². The van der Waals surface area contributed by atoms with E-state index in [-0.39, 0.29) is 0 Å². The maximum absolute atomic E-state index is 6.56. The van der Waals surface area contributed by atoms with E-state index < -0.39 is 0 Å². The largest absolute Gasteiger partial charge is 0.456 e. The zero-order valence-electron chi connectivity index (χ0n) is 30.1. The van der Waals surface area contributed by atoms with E-state index in [1.54, 1.807) is 0 Å². The third-order valence-electron chi connectivity index (χ3n) is 10.6. The summed E-state index contributed by atoms with van der Waals surface area (Å²) in [7, 11) is 0. The Morgan fingerprint density at radius 1 is 0.321 bits per heavy atom. The van der Waals surface area contributed by atoms with E-state index in [9.17, 15) is 0 Å². The molecule has 0 N–H and O–H groups in total. The summed E-state index contributed by atoms with van der Waals surface area (Å²) >= 11 is 1.86. The zero-order chi connectivity index (χ0) is 37.0. The molecule has 0 amide bonds. The number of rotatable bonds is 6. The minimum Gasteiger partial charge on any atom is -0.456 e. The Hall–Kier alpha value is -7.21. The quantitative estimate of drug-likeness (QED) is 0.171. The number of nitrogens with zero attached hydrogens (tertiary/aromatic N) is 3. The van der Waals surface area contributed by atoms with Crippen LogP contribution in [0.3, 0.4) is 0 Å². The number of fused-ring (bicyclic) bond motifs is 6. The van der Waals surface area contributed by atoms with Crippen molar-refractivity contribution in [3.63, 3.8) is 0 Å². The molecule has 56 heavy (non-hydrogen) atoms. The molecule has 0 saturated heterocycles. The van der Waals surface area contributed by atoms with Gasteiger partial charge in [0.1, 0.15) is 11.2 Å². The highest BCUT2D eigenvalue weighted by Crippen LogP contribution is 2.41. The van der Waals surface area contributed by atoms with Gasteiger partial charge in [-0.2, -0.15) is 0 Å². The first-order chi connectivity index (χ1) is 27.7. The molecule has 0 aliphatic carbocycles. The standard InChI is InChI=1S/C51H31N3OS/c1-3-10-32(11-4-1)33-20-24-37(25-21-33)50-52-49(36-12-5-2-6-13-36)53-51(54-50)39-27-29-42-41-28-26-38(30-45(41)55-46(42)31-39)34-18-22-35(23-19-34)40-15-9-16-44-43-14-7-8-17-47(43)56-48(40)44/h1-31H.